The Bertz CT molecular complexity index is 266. The molecular formula is C11H15NO. The highest BCUT2D eigenvalue weighted by atomic mass is 16.5. The summed E-state index contributed by atoms with van der Waals surface area (Å²) in [5.41, 5.74) is 6.81. The maximum Gasteiger partial charge on any atom is 0.119 e. The molecule has 70 valence electrons. The summed E-state index contributed by atoms with van der Waals surface area (Å²) in [6.45, 7) is 6.29. The average Bonchev–Trinajstić information content (AvgIpc) is 2.18. The molecule has 0 bridgehead atoms. The number of rotatable bonds is 4. The van der Waals surface area contributed by atoms with E-state index in [1.54, 1.807) is 6.08 Å². The van der Waals surface area contributed by atoms with Crippen molar-refractivity contribution in [2.75, 3.05) is 6.61 Å². The van der Waals surface area contributed by atoms with Crippen molar-refractivity contribution in [2.24, 2.45) is 5.73 Å². The predicted octanol–water partition coefficient (Wildman–Crippen LogP) is 2.27. The zero-order valence-electron chi connectivity index (χ0n) is 7.86. The monoisotopic (exact) mass is 177 g/mol. The van der Waals surface area contributed by atoms with E-state index in [9.17, 15) is 0 Å². The lowest BCUT2D eigenvalue weighted by molar-refractivity contribution is 0.340. The summed E-state index contributed by atoms with van der Waals surface area (Å²) >= 11 is 0. The van der Waals surface area contributed by atoms with Crippen LogP contribution in [0.4, 0.5) is 0 Å². The smallest absolute Gasteiger partial charge is 0.119 e. The van der Waals surface area contributed by atoms with Crippen LogP contribution in [0.1, 0.15) is 18.5 Å². The summed E-state index contributed by atoms with van der Waals surface area (Å²) in [4.78, 5) is 0. The van der Waals surface area contributed by atoms with Gasteiger partial charge in [0.2, 0.25) is 0 Å². The first-order valence-electron chi connectivity index (χ1n) is 4.38. The van der Waals surface area contributed by atoms with Gasteiger partial charge in [0.15, 0.2) is 0 Å². The minimum Gasteiger partial charge on any atom is -0.494 e. The van der Waals surface area contributed by atoms with E-state index in [0.29, 0.717) is 6.61 Å². The Morgan fingerprint density at radius 1 is 1.46 bits per heavy atom. The largest absolute Gasteiger partial charge is 0.494 e. The van der Waals surface area contributed by atoms with Crippen LogP contribution in [0.3, 0.4) is 0 Å². The molecule has 0 heterocycles. The topological polar surface area (TPSA) is 35.2 Å². The van der Waals surface area contributed by atoms with E-state index >= 15 is 0 Å². The Morgan fingerprint density at radius 2 is 2.08 bits per heavy atom. The molecule has 2 N–H and O–H groups in total. The molecular weight excluding hydrogens is 162 g/mol. The van der Waals surface area contributed by atoms with Crippen LogP contribution < -0.4 is 10.5 Å². The van der Waals surface area contributed by atoms with Crippen LogP contribution in [0.25, 0.3) is 0 Å². The van der Waals surface area contributed by atoms with Crippen molar-refractivity contribution in [1.82, 2.24) is 0 Å². The lowest BCUT2D eigenvalue weighted by Crippen LogP contribution is -2.05. The van der Waals surface area contributed by atoms with Crippen molar-refractivity contribution in [1.29, 1.82) is 0 Å². The second-order valence-electron chi connectivity index (χ2n) is 2.76. The third-order valence-corrected chi connectivity index (χ3v) is 1.83. The zero-order valence-corrected chi connectivity index (χ0v) is 7.86. The van der Waals surface area contributed by atoms with Gasteiger partial charge in [0, 0.05) is 6.04 Å². The molecule has 1 unspecified atom stereocenters. The highest BCUT2D eigenvalue weighted by Gasteiger charge is 2.00. The summed E-state index contributed by atoms with van der Waals surface area (Å²) in [6.07, 6.45) is 1.72. The highest BCUT2D eigenvalue weighted by Crippen LogP contribution is 2.16. The van der Waals surface area contributed by atoms with Gasteiger partial charge in [-0.15, -0.1) is 6.58 Å². The van der Waals surface area contributed by atoms with Crippen molar-refractivity contribution >= 4 is 0 Å². The molecule has 0 aliphatic carbocycles. The van der Waals surface area contributed by atoms with Gasteiger partial charge in [0.05, 0.1) is 6.61 Å². The number of benzene rings is 1. The molecule has 13 heavy (non-hydrogen) atoms. The standard InChI is InChI=1S/C11H15NO/c1-3-11(12)9-5-7-10(8-6-9)13-4-2/h3,5-8,11H,1,4,12H2,2H3. The Morgan fingerprint density at radius 3 is 2.54 bits per heavy atom. The minimum atomic E-state index is -0.0873. The summed E-state index contributed by atoms with van der Waals surface area (Å²) in [5.74, 6) is 0.877. The third kappa shape index (κ3) is 2.60. The first-order chi connectivity index (χ1) is 6.27. The van der Waals surface area contributed by atoms with E-state index in [4.69, 9.17) is 10.5 Å². The SMILES string of the molecule is C=CC(N)c1ccc(OCC)cc1. The summed E-state index contributed by atoms with van der Waals surface area (Å²) in [7, 11) is 0. The lowest BCUT2D eigenvalue weighted by Gasteiger charge is -2.07. The second kappa shape index (κ2) is 4.67. The van der Waals surface area contributed by atoms with Gasteiger partial charge >= 0.3 is 0 Å². The molecule has 0 aliphatic rings. The first-order valence-corrected chi connectivity index (χ1v) is 4.38. The van der Waals surface area contributed by atoms with Crippen LogP contribution in [0, 0.1) is 0 Å². The Balaban J connectivity index is 2.74. The Kier molecular flexibility index (Phi) is 3.53. The van der Waals surface area contributed by atoms with Crippen LogP contribution >= 0.6 is 0 Å². The predicted molar refractivity (Wildman–Crippen MR) is 54.7 cm³/mol. The third-order valence-electron chi connectivity index (χ3n) is 1.83. The van der Waals surface area contributed by atoms with Gasteiger partial charge in [-0.1, -0.05) is 18.2 Å². The lowest BCUT2D eigenvalue weighted by atomic mass is 10.1. The molecule has 2 heteroatoms. The van der Waals surface area contributed by atoms with Crippen molar-refractivity contribution < 1.29 is 4.74 Å². The minimum absolute atomic E-state index is 0.0873. The molecule has 1 aromatic carbocycles. The van der Waals surface area contributed by atoms with E-state index in [2.05, 4.69) is 6.58 Å². The van der Waals surface area contributed by atoms with Crippen LogP contribution in [0.15, 0.2) is 36.9 Å². The molecule has 0 saturated heterocycles. The van der Waals surface area contributed by atoms with Gasteiger partial charge in [0.1, 0.15) is 5.75 Å². The van der Waals surface area contributed by atoms with E-state index in [1.165, 1.54) is 0 Å². The molecule has 1 atom stereocenters. The number of ether oxygens (including phenoxy) is 1. The average molecular weight is 177 g/mol. The van der Waals surface area contributed by atoms with Gasteiger partial charge in [-0.25, -0.2) is 0 Å². The summed E-state index contributed by atoms with van der Waals surface area (Å²) in [6, 6.07) is 7.66. The van der Waals surface area contributed by atoms with Gasteiger partial charge < -0.3 is 10.5 Å². The first kappa shape index (κ1) is 9.81. The van der Waals surface area contributed by atoms with Crippen molar-refractivity contribution in [3.05, 3.63) is 42.5 Å². The molecule has 2 nitrogen and oxygen atoms in total. The number of nitrogens with two attached hydrogens (primary N) is 1. The fourth-order valence-corrected chi connectivity index (χ4v) is 1.09. The summed E-state index contributed by atoms with van der Waals surface area (Å²) < 4.78 is 5.31. The van der Waals surface area contributed by atoms with Crippen LogP contribution in [-0.2, 0) is 0 Å². The van der Waals surface area contributed by atoms with Crippen molar-refractivity contribution in [2.45, 2.75) is 13.0 Å². The van der Waals surface area contributed by atoms with Crippen molar-refractivity contribution in [3.8, 4) is 5.75 Å². The Labute approximate surface area is 79.0 Å². The fourth-order valence-electron chi connectivity index (χ4n) is 1.09. The maximum absolute atomic E-state index is 5.76. The maximum atomic E-state index is 5.76. The number of hydrogen-bond donors (Lipinski definition) is 1. The molecule has 0 spiro atoms. The van der Waals surface area contributed by atoms with Gasteiger partial charge in [-0.2, -0.15) is 0 Å². The van der Waals surface area contributed by atoms with Gasteiger partial charge in [-0.05, 0) is 24.6 Å². The fraction of sp³-hybridized carbons (Fsp3) is 0.273. The van der Waals surface area contributed by atoms with E-state index in [1.807, 2.05) is 31.2 Å². The second-order valence-corrected chi connectivity index (χ2v) is 2.76. The normalized spacial score (nSPS) is 12.2. The summed E-state index contributed by atoms with van der Waals surface area (Å²) in [5, 5.41) is 0. The van der Waals surface area contributed by atoms with Gasteiger partial charge in [0.25, 0.3) is 0 Å². The number of hydrogen-bond acceptors (Lipinski definition) is 2. The van der Waals surface area contributed by atoms with E-state index in [-0.39, 0.29) is 6.04 Å². The van der Waals surface area contributed by atoms with Crippen LogP contribution in [0.5, 0.6) is 5.75 Å². The molecule has 0 saturated carbocycles. The molecule has 0 amide bonds. The molecule has 1 aromatic rings. The quantitative estimate of drug-likeness (QED) is 0.716. The Hall–Kier alpha value is -1.28. The van der Waals surface area contributed by atoms with Gasteiger partial charge in [-0.3, -0.25) is 0 Å². The highest BCUT2D eigenvalue weighted by molar-refractivity contribution is 5.30. The molecule has 0 fully saturated rings. The zero-order chi connectivity index (χ0) is 9.68. The van der Waals surface area contributed by atoms with E-state index < -0.39 is 0 Å². The van der Waals surface area contributed by atoms with Crippen LogP contribution in [-0.4, -0.2) is 6.61 Å². The van der Waals surface area contributed by atoms with E-state index in [0.717, 1.165) is 11.3 Å². The molecule has 1 rings (SSSR count). The van der Waals surface area contributed by atoms with Crippen molar-refractivity contribution in [3.63, 3.8) is 0 Å². The molecule has 0 aliphatic heterocycles. The molecule has 0 aromatic heterocycles. The van der Waals surface area contributed by atoms with Crippen LogP contribution in [0.2, 0.25) is 0 Å². The molecule has 0 radical (unpaired) electrons.